The number of esters is 1. The number of allylic oxidation sites excluding steroid dienone is 1. The lowest BCUT2D eigenvalue weighted by Crippen LogP contribution is -2.33. The first-order valence-corrected chi connectivity index (χ1v) is 8.80. The summed E-state index contributed by atoms with van der Waals surface area (Å²) in [6.07, 6.45) is 0. The Bertz CT molecular complexity index is 580. The van der Waals surface area contributed by atoms with Gasteiger partial charge in [-0.05, 0) is 12.8 Å². The van der Waals surface area contributed by atoms with E-state index in [0.29, 0.717) is 0 Å². The van der Waals surface area contributed by atoms with Gasteiger partial charge in [-0.1, -0.05) is 13.8 Å². The van der Waals surface area contributed by atoms with Gasteiger partial charge in [-0.15, -0.1) is 0 Å². The molecule has 0 aromatic rings. The Kier molecular flexibility index (Phi) is 4.22. The molecule has 0 unspecified atom stereocenters. The maximum atomic E-state index is 11.9. The lowest BCUT2D eigenvalue weighted by atomic mass is 10.2. The van der Waals surface area contributed by atoms with Crippen LogP contribution < -0.4 is 0 Å². The van der Waals surface area contributed by atoms with Gasteiger partial charge in [0.1, 0.15) is 0 Å². The Morgan fingerprint density at radius 1 is 1.17 bits per heavy atom. The molecule has 1 rings (SSSR count). The predicted octanol–water partition coefficient (Wildman–Crippen LogP) is 0.260. The molecule has 1 aliphatic rings. The van der Waals surface area contributed by atoms with Gasteiger partial charge in [-0.25, -0.2) is 21.6 Å². The highest BCUT2D eigenvalue weighted by molar-refractivity contribution is 8.02. The molecule has 104 valence electrons. The summed E-state index contributed by atoms with van der Waals surface area (Å²) in [6.45, 7) is 4.58. The van der Waals surface area contributed by atoms with Crippen LogP contribution in [0.1, 0.15) is 20.8 Å². The third-order valence-electron chi connectivity index (χ3n) is 2.48. The fraction of sp³-hybridized carbons (Fsp3) is 0.700. The van der Waals surface area contributed by atoms with Gasteiger partial charge in [-0.2, -0.15) is 0 Å². The van der Waals surface area contributed by atoms with Crippen LogP contribution in [0.15, 0.2) is 9.81 Å². The van der Waals surface area contributed by atoms with E-state index in [1.165, 1.54) is 20.8 Å². The van der Waals surface area contributed by atoms with Crippen molar-refractivity contribution in [2.24, 2.45) is 5.92 Å². The molecule has 0 aliphatic carbocycles. The van der Waals surface area contributed by atoms with Crippen molar-refractivity contribution in [3.8, 4) is 0 Å². The lowest BCUT2D eigenvalue weighted by Gasteiger charge is -2.21. The van der Waals surface area contributed by atoms with Gasteiger partial charge in [0.15, 0.2) is 24.6 Å². The summed E-state index contributed by atoms with van der Waals surface area (Å²) in [5.74, 6) is -2.71. The molecule has 1 aliphatic heterocycles. The summed E-state index contributed by atoms with van der Waals surface area (Å²) in [6, 6.07) is 0. The number of carbonyl (C=O) groups excluding carboxylic acids is 1. The predicted molar refractivity (Wildman–Crippen MR) is 66.1 cm³/mol. The van der Waals surface area contributed by atoms with E-state index in [9.17, 15) is 21.6 Å². The molecule has 0 fully saturated rings. The number of ether oxygens (including phenoxy) is 1. The zero-order chi connectivity index (χ0) is 14.1. The summed E-state index contributed by atoms with van der Waals surface area (Å²) >= 11 is 0. The van der Waals surface area contributed by atoms with E-state index in [-0.39, 0.29) is 11.5 Å². The average molecular weight is 296 g/mol. The van der Waals surface area contributed by atoms with Crippen molar-refractivity contribution < 1.29 is 26.4 Å². The molecule has 8 heteroatoms. The number of rotatable bonds is 3. The molecule has 0 aromatic carbocycles. The van der Waals surface area contributed by atoms with Crippen molar-refractivity contribution in [1.29, 1.82) is 0 Å². The third kappa shape index (κ3) is 2.74. The first-order chi connectivity index (χ1) is 8.13. The normalized spacial score (nSPS) is 22.0. The van der Waals surface area contributed by atoms with Crippen LogP contribution in [0.3, 0.4) is 0 Å². The summed E-state index contributed by atoms with van der Waals surface area (Å²) in [5, 5.41) is 0. The van der Waals surface area contributed by atoms with Crippen LogP contribution in [0.25, 0.3) is 0 Å². The molecule has 0 aromatic heterocycles. The van der Waals surface area contributed by atoms with Crippen LogP contribution in [0.2, 0.25) is 0 Å². The molecule has 6 nitrogen and oxygen atoms in total. The Labute approximate surface area is 107 Å². The summed E-state index contributed by atoms with van der Waals surface area (Å²) in [7, 11) is -7.59. The minimum Gasteiger partial charge on any atom is -0.462 e. The molecule has 0 N–H and O–H groups in total. The fourth-order valence-electron chi connectivity index (χ4n) is 1.77. The minimum absolute atomic E-state index is 0.0106. The SMILES string of the molecule is CCOC(=O)C1=C(C(C)C)S(=O)(=O)CCS1(=O)=O. The molecule has 0 saturated heterocycles. The molecule has 18 heavy (non-hydrogen) atoms. The largest absolute Gasteiger partial charge is 0.462 e. The van der Waals surface area contributed by atoms with E-state index in [4.69, 9.17) is 0 Å². The van der Waals surface area contributed by atoms with Gasteiger partial charge < -0.3 is 4.74 Å². The second-order valence-corrected chi connectivity index (χ2v) is 8.33. The molecule has 0 amide bonds. The third-order valence-corrected chi connectivity index (χ3v) is 6.70. The molecular formula is C10H16O6S2. The second kappa shape index (κ2) is 5.00. The van der Waals surface area contributed by atoms with E-state index in [1.54, 1.807) is 0 Å². The first kappa shape index (κ1) is 15.2. The van der Waals surface area contributed by atoms with E-state index < -0.39 is 48.0 Å². The van der Waals surface area contributed by atoms with Crippen molar-refractivity contribution in [1.82, 2.24) is 0 Å². The van der Waals surface area contributed by atoms with Crippen molar-refractivity contribution in [3.05, 3.63) is 9.81 Å². The maximum absolute atomic E-state index is 11.9. The van der Waals surface area contributed by atoms with Crippen molar-refractivity contribution in [2.75, 3.05) is 18.1 Å². The molecule has 1 heterocycles. The monoisotopic (exact) mass is 296 g/mol. The first-order valence-electron chi connectivity index (χ1n) is 5.50. The quantitative estimate of drug-likeness (QED) is 0.693. The van der Waals surface area contributed by atoms with Gasteiger partial charge in [0.2, 0.25) is 0 Å². The zero-order valence-corrected chi connectivity index (χ0v) is 12.1. The van der Waals surface area contributed by atoms with Crippen molar-refractivity contribution >= 4 is 25.6 Å². The number of sulfone groups is 2. The van der Waals surface area contributed by atoms with Crippen LogP contribution in [0.4, 0.5) is 0 Å². The van der Waals surface area contributed by atoms with Crippen LogP contribution in [-0.2, 0) is 29.2 Å². The van der Waals surface area contributed by atoms with Gasteiger partial charge >= 0.3 is 5.97 Å². The van der Waals surface area contributed by atoms with E-state index in [1.807, 2.05) is 0 Å². The molecule has 0 bridgehead atoms. The summed E-state index contributed by atoms with van der Waals surface area (Å²) in [4.78, 5) is 10.7. The van der Waals surface area contributed by atoms with Crippen LogP contribution in [-0.4, -0.2) is 40.9 Å². The number of hydrogen-bond donors (Lipinski definition) is 0. The standard InChI is InChI=1S/C10H16O6S2/c1-4-16-10(11)9-8(7(2)3)17(12,13)5-6-18(9,14)15/h7H,4-6H2,1-3H3. The molecule has 0 spiro atoms. The van der Waals surface area contributed by atoms with E-state index >= 15 is 0 Å². The number of hydrogen-bond acceptors (Lipinski definition) is 6. The van der Waals surface area contributed by atoms with Crippen LogP contribution in [0, 0.1) is 5.92 Å². The molecule has 0 saturated carbocycles. The van der Waals surface area contributed by atoms with E-state index in [2.05, 4.69) is 4.74 Å². The highest BCUT2D eigenvalue weighted by Gasteiger charge is 2.41. The second-order valence-electron chi connectivity index (χ2n) is 4.21. The summed E-state index contributed by atoms with van der Waals surface area (Å²) in [5.41, 5.74) is 0. The van der Waals surface area contributed by atoms with Gasteiger partial charge in [0.05, 0.1) is 23.0 Å². The lowest BCUT2D eigenvalue weighted by molar-refractivity contribution is -0.137. The molecule has 0 radical (unpaired) electrons. The Morgan fingerprint density at radius 3 is 2.11 bits per heavy atom. The smallest absolute Gasteiger partial charge is 0.350 e. The van der Waals surface area contributed by atoms with Crippen LogP contribution in [0.5, 0.6) is 0 Å². The Balaban J connectivity index is 3.61. The van der Waals surface area contributed by atoms with Gasteiger partial charge in [0.25, 0.3) is 0 Å². The topological polar surface area (TPSA) is 94.6 Å². The average Bonchev–Trinajstić information content (AvgIpc) is 2.21. The fourth-order valence-corrected chi connectivity index (χ4v) is 6.65. The zero-order valence-electron chi connectivity index (χ0n) is 10.5. The highest BCUT2D eigenvalue weighted by atomic mass is 32.2. The highest BCUT2D eigenvalue weighted by Crippen LogP contribution is 2.31. The molecule has 0 atom stereocenters. The molecular weight excluding hydrogens is 280 g/mol. The Morgan fingerprint density at radius 2 is 1.67 bits per heavy atom. The minimum atomic E-state index is -3.88. The van der Waals surface area contributed by atoms with Crippen molar-refractivity contribution in [3.63, 3.8) is 0 Å². The van der Waals surface area contributed by atoms with Gasteiger partial charge in [0, 0.05) is 0 Å². The van der Waals surface area contributed by atoms with Crippen molar-refractivity contribution in [2.45, 2.75) is 20.8 Å². The Hall–Kier alpha value is -0.890. The summed E-state index contributed by atoms with van der Waals surface area (Å²) < 4.78 is 52.2. The number of carbonyl (C=O) groups is 1. The maximum Gasteiger partial charge on any atom is 0.350 e. The van der Waals surface area contributed by atoms with E-state index in [0.717, 1.165) is 0 Å². The van der Waals surface area contributed by atoms with Crippen LogP contribution >= 0.6 is 0 Å². The van der Waals surface area contributed by atoms with Gasteiger partial charge in [-0.3, -0.25) is 0 Å².